The first-order chi connectivity index (χ1) is 12.9. The van der Waals surface area contributed by atoms with Gasteiger partial charge >= 0.3 is 0 Å². The molecule has 0 aliphatic carbocycles. The largest absolute Gasteiger partial charge is 0.336 e. The number of hydrogen-bond donors (Lipinski definition) is 1. The summed E-state index contributed by atoms with van der Waals surface area (Å²) in [6, 6.07) is 0. The zero-order valence-electron chi connectivity index (χ0n) is 15.7. The number of H-pyrrole nitrogens is 1. The minimum absolute atomic E-state index is 0.108. The maximum atomic E-state index is 13.0. The Labute approximate surface area is 163 Å². The van der Waals surface area contributed by atoms with Gasteiger partial charge in [0.15, 0.2) is 0 Å². The van der Waals surface area contributed by atoms with Crippen molar-refractivity contribution >= 4 is 27.5 Å². The number of sulfonamides is 1. The van der Waals surface area contributed by atoms with Crippen LogP contribution in [0.1, 0.15) is 46.5 Å². The SMILES string of the molecule is CCCc1nnsc1C(=O)N1CCCN(S(=O)(=O)c2c(C)n[nH]c2C)CC1. The van der Waals surface area contributed by atoms with Gasteiger partial charge in [-0.25, -0.2) is 8.42 Å². The average molecular weight is 413 g/mol. The van der Waals surface area contributed by atoms with Crippen LogP contribution in [0, 0.1) is 13.8 Å². The Morgan fingerprint density at radius 1 is 1.22 bits per heavy atom. The quantitative estimate of drug-likeness (QED) is 0.794. The zero-order chi connectivity index (χ0) is 19.6. The van der Waals surface area contributed by atoms with E-state index < -0.39 is 10.0 Å². The molecule has 0 spiro atoms. The molecule has 3 rings (SSSR count). The van der Waals surface area contributed by atoms with Gasteiger partial charge in [0, 0.05) is 26.2 Å². The van der Waals surface area contributed by atoms with Crippen molar-refractivity contribution in [2.45, 2.75) is 44.9 Å². The number of aromatic amines is 1. The molecule has 1 N–H and O–H groups in total. The highest BCUT2D eigenvalue weighted by Gasteiger charge is 2.32. The third kappa shape index (κ3) is 3.90. The second-order valence-corrected chi connectivity index (χ2v) is 9.24. The van der Waals surface area contributed by atoms with E-state index in [0.29, 0.717) is 48.7 Å². The van der Waals surface area contributed by atoms with Crippen LogP contribution in [0.15, 0.2) is 4.90 Å². The van der Waals surface area contributed by atoms with E-state index in [0.717, 1.165) is 23.6 Å². The molecule has 2 aromatic rings. The first kappa shape index (κ1) is 19.9. The highest BCUT2D eigenvalue weighted by molar-refractivity contribution is 7.89. The zero-order valence-corrected chi connectivity index (χ0v) is 17.4. The van der Waals surface area contributed by atoms with Crippen molar-refractivity contribution in [3.8, 4) is 0 Å². The number of aryl methyl sites for hydroxylation is 3. The van der Waals surface area contributed by atoms with Gasteiger partial charge < -0.3 is 4.90 Å². The number of hydrogen-bond acceptors (Lipinski definition) is 7. The van der Waals surface area contributed by atoms with E-state index in [2.05, 4.69) is 19.8 Å². The van der Waals surface area contributed by atoms with Crippen molar-refractivity contribution in [2.24, 2.45) is 0 Å². The summed E-state index contributed by atoms with van der Waals surface area (Å²) in [4.78, 5) is 15.4. The molecule has 0 saturated carbocycles. The fourth-order valence-corrected chi connectivity index (χ4v) is 5.78. The lowest BCUT2D eigenvalue weighted by Crippen LogP contribution is -2.37. The van der Waals surface area contributed by atoms with Crippen LogP contribution in [-0.4, -0.2) is 69.5 Å². The van der Waals surface area contributed by atoms with Crippen LogP contribution in [0.3, 0.4) is 0 Å². The van der Waals surface area contributed by atoms with Crippen LogP contribution in [0.2, 0.25) is 0 Å². The van der Waals surface area contributed by atoms with Crippen molar-refractivity contribution in [1.29, 1.82) is 0 Å². The number of nitrogens with one attached hydrogen (secondary N) is 1. The Hall–Kier alpha value is -1.85. The van der Waals surface area contributed by atoms with Crippen LogP contribution >= 0.6 is 11.5 Å². The molecule has 2 aromatic heterocycles. The molecule has 0 unspecified atom stereocenters. The van der Waals surface area contributed by atoms with E-state index in [4.69, 9.17) is 0 Å². The van der Waals surface area contributed by atoms with Gasteiger partial charge in [-0.15, -0.1) is 5.10 Å². The molecule has 3 heterocycles. The molecule has 1 aliphatic rings. The maximum absolute atomic E-state index is 13.0. The topological polar surface area (TPSA) is 112 Å². The normalized spacial score (nSPS) is 16.5. The average Bonchev–Trinajstić information content (AvgIpc) is 3.12. The molecule has 9 nitrogen and oxygen atoms in total. The maximum Gasteiger partial charge on any atom is 0.267 e. The van der Waals surface area contributed by atoms with Gasteiger partial charge in [0.05, 0.1) is 17.1 Å². The van der Waals surface area contributed by atoms with E-state index in [1.54, 1.807) is 18.7 Å². The Bertz CT molecular complexity index is 901. The summed E-state index contributed by atoms with van der Waals surface area (Å²) in [5.41, 5.74) is 1.72. The molecule has 1 saturated heterocycles. The molecule has 1 amide bonds. The Balaban J connectivity index is 1.76. The van der Waals surface area contributed by atoms with Crippen molar-refractivity contribution in [1.82, 2.24) is 29.0 Å². The summed E-state index contributed by atoms with van der Waals surface area (Å²) in [5, 5.41) is 10.8. The Morgan fingerprint density at radius 2 is 2.00 bits per heavy atom. The van der Waals surface area contributed by atoms with Crippen LogP contribution in [0.5, 0.6) is 0 Å². The molecule has 0 aromatic carbocycles. The molecule has 1 aliphatic heterocycles. The van der Waals surface area contributed by atoms with Crippen molar-refractivity contribution < 1.29 is 13.2 Å². The predicted molar refractivity (Wildman–Crippen MR) is 101 cm³/mol. The van der Waals surface area contributed by atoms with Crippen molar-refractivity contribution in [3.05, 3.63) is 22.0 Å². The molecule has 11 heteroatoms. The molecule has 0 bridgehead atoms. The summed E-state index contributed by atoms with van der Waals surface area (Å²) < 4.78 is 31.4. The Kier molecular flexibility index (Phi) is 5.92. The second kappa shape index (κ2) is 8.03. The van der Waals surface area contributed by atoms with Gasteiger partial charge in [0.25, 0.3) is 5.91 Å². The molecule has 0 radical (unpaired) electrons. The van der Waals surface area contributed by atoms with Crippen LogP contribution in [0.25, 0.3) is 0 Å². The number of amides is 1. The standard InChI is InChI=1S/C16H24N6O3S2/c1-4-6-13-14(26-20-19-13)16(23)21-7-5-8-22(10-9-21)27(24,25)15-11(2)17-18-12(15)3/h4-10H2,1-3H3,(H,17,18). The molecular formula is C16H24N6O3S2. The fraction of sp³-hybridized carbons (Fsp3) is 0.625. The third-order valence-electron chi connectivity index (χ3n) is 4.64. The first-order valence-corrected chi connectivity index (χ1v) is 11.2. The lowest BCUT2D eigenvalue weighted by molar-refractivity contribution is 0.0767. The van der Waals surface area contributed by atoms with Crippen LogP contribution in [-0.2, 0) is 16.4 Å². The lowest BCUT2D eigenvalue weighted by Gasteiger charge is -2.21. The Morgan fingerprint density at radius 3 is 2.67 bits per heavy atom. The van der Waals surface area contributed by atoms with Crippen LogP contribution in [0.4, 0.5) is 0 Å². The monoisotopic (exact) mass is 412 g/mol. The smallest absolute Gasteiger partial charge is 0.267 e. The summed E-state index contributed by atoms with van der Waals surface area (Å²) in [5.74, 6) is -0.108. The number of nitrogens with zero attached hydrogens (tertiary/aromatic N) is 5. The number of carbonyl (C=O) groups excluding carboxylic acids is 1. The fourth-order valence-electron chi connectivity index (χ4n) is 3.30. The van der Waals surface area contributed by atoms with Gasteiger partial charge in [-0.05, 0) is 38.2 Å². The first-order valence-electron chi connectivity index (χ1n) is 8.98. The molecule has 0 atom stereocenters. The minimum atomic E-state index is -3.64. The summed E-state index contributed by atoms with van der Waals surface area (Å²) in [7, 11) is -3.64. The van der Waals surface area contributed by atoms with E-state index in [1.807, 2.05) is 6.92 Å². The number of aromatic nitrogens is 4. The summed E-state index contributed by atoms with van der Waals surface area (Å²) in [6.45, 7) is 6.90. The summed E-state index contributed by atoms with van der Waals surface area (Å²) >= 11 is 1.11. The van der Waals surface area contributed by atoms with E-state index >= 15 is 0 Å². The van der Waals surface area contributed by atoms with Crippen LogP contribution < -0.4 is 0 Å². The number of carbonyl (C=O) groups is 1. The molecular weight excluding hydrogens is 388 g/mol. The second-order valence-electron chi connectivity index (χ2n) is 6.61. The van der Waals surface area contributed by atoms with E-state index in [9.17, 15) is 13.2 Å². The summed E-state index contributed by atoms with van der Waals surface area (Å²) in [6.07, 6.45) is 2.18. The number of rotatable bonds is 5. The van der Waals surface area contributed by atoms with E-state index in [-0.39, 0.29) is 17.3 Å². The highest BCUT2D eigenvalue weighted by Crippen LogP contribution is 2.23. The third-order valence-corrected chi connectivity index (χ3v) is 7.56. The van der Waals surface area contributed by atoms with E-state index in [1.165, 1.54) is 4.31 Å². The lowest BCUT2D eigenvalue weighted by atomic mass is 10.2. The predicted octanol–water partition coefficient (Wildman–Crippen LogP) is 1.37. The molecule has 148 valence electrons. The van der Waals surface area contributed by atoms with Gasteiger partial charge in [-0.2, -0.15) is 9.40 Å². The van der Waals surface area contributed by atoms with Gasteiger partial charge in [0.2, 0.25) is 10.0 Å². The van der Waals surface area contributed by atoms with Gasteiger partial charge in [-0.1, -0.05) is 17.8 Å². The molecule has 27 heavy (non-hydrogen) atoms. The van der Waals surface area contributed by atoms with Gasteiger partial charge in [-0.3, -0.25) is 9.89 Å². The minimum Gasteiger partial charge on any atom is -0.336 e. The molecule has 1 fully saturated rings. The van der Waals surface area contributed by atoms with Crippen molar-refractivity contribution in [3.63, 3.8) is 0 Å². The van der Waals surface area contributed by atoms with Gasteiger partial charge in [0.1, 0.15) is 9.77 Å². The highest BCUT2D eigenvalue weighted by atomic mass is 32.2. The van der Waals surface area contributed by atoms with Crippen molar-refractivity contribution in [2.75, 3.05) is 26.2 Å².